The van der Waals surface area contributed by atoms with Gasteiger partial charge >= 0.3 is 0 Å². The van der Waals surface area contributed by atoms with E-state index in [0.717, 1.165) is 35.2 Å². The van der Waals surface area contributed by atoms with Crippen LogP contribution in [-0.2, 0) is 4.74 Å². The lowest BCUT2D eigenvalue weighted by Crippen LogP contribution is -2.37. The van der Waals surface area contributed by atoms with Crippen molar-refractivity contribution >= 4 is 32.6 Å². The molecule has 0 radical (unpaired) electrons. The number of ether oxygens (including phenoxy) is 4. The maximum Gasteiger partial charge on any atom is 0.260 e. The molecular formula is C27H34N2O5S. The van der Waals surface area contributed by atoms with Crippen LogP contribution in [0.4, 0.5) is 5.13 Å². The number of aryl methyl sites for hydroxylation is 2. The molecule has 1 aromatic heterocycles. The molecule has 188 valence electrons. The monoisotopic (exact) mass is 498 g/mol. The van der Waals surface area contributed by atoms with Crippen molar-refractivity contribution in [1.82, 2.24) is 4.98 Å². The molecule has 1 saturated heterocycles. The molecule has 7 nitrogen and oxygen atoms in total. The van der Waals surface area contributed by atoms with Crippen molar-refractivity contribution < 1.29 is 23.7 Å². The smallest absolute Gasteiger partial charge is 0.260 e. The minimum atomic E-state index is -0.168. The van der Waals surface area contributed by atoms with E-state index in [1.165, 1.54) is 16.9 Å². The SMILES string of the molecule is CCOc1cc(C(=O)N(CC2CCCO2)c2nc3c(C)c(C)ccc3s2)cc(OCC)c1OCC. The molecule has 1 aliphatic rings. The molecule has 0 spiro atoms. The average Bonchev–Trinajstić information content (AvgIpc) is 3.52. The first-order chi connectivity index (χ1) is 17.0. The molecule has 1 fully saturated rings. The molecule has 1 atom stereocenters. The Morgan fingerprint density at radius 2 is 1.77 bits per heavy atom. The topological polar surface area (TPSA) is 70.1 Å². The van der Waals surface area contributed by atoms with Gasteiger partial charge in [0.1, 0.15) is 0 Å². The third-order valence-electron chi connectivity index (χ3n) is 6.12. The van der Waals surface area contributed by atoms with E-state index in [1.54, 1.807) is 17.0 Å². The third-order valence-corrected chi connectivity index (χ3v) is 7.16. The highest BCUT2D eigenvalue weighted by Crippen LogP contribution is 2.40. The number of carbonyl (C=O) groups excluding carboxylic acids is 1. The Morgan fingerprint density at radius 3 is 2.37 bits per heavy atom. The van der Waals surface area contributed by atoms with Gasteiger partial charge in [-0.3, -0.25) is 9.69 Å². The van der Waals surface area contributed by atoms with Crippen molar-refractivity contribution in [3.63, 3.8) is 0 Å². The van der Waals surface area contributed by atoms with Crippen molar-refractivity contribution in [2.45, 2.75) is 53.6 Å². The zero-order valence-corrected chi connectivity index (χ0v) is 22.0. The number of rotatable bonds is 10. The summed E-state index contributed by atoms with van der Waals surface area (Å²) >= 11 is 1.53. The van der Waals surface area contributed by atoms with Crippen molar-refractivity contribution in [3.05, 3.63) is 41.0 Å². The van der Waals surface area contributed by atoms with Gasteiger partial charge < -0.3 is 18.9 Å². The van der Waals surface area contributed by atoms with Crippen LogP contribution in [-0.4, -0.2) is 50.0 Å². The van der Waals surface area contributed by atoms with Gasteiger partial charge in [-0.2, -0.15) is 0 Å². The fraction of sp³-hybridized carbons (Fsp3) is 0.481. The summed E-state index contributed by atoms with van der Waals surface area (Å²) in [5.41, 5.74) is 3.71. The second kappa shape index (κ2) is 11.3. The molecule has 0 N–H and O–H groups in total. The minimum Gasteiger partial charge on any atom is -0.490 e. The van der Waals surface area contributed by atoms with Crippen LogP contribution in [0.1, 0.15) is 55.1 Å². The molecule has 2 heterocycles. The van der Waals surface area contributed by atoms with Crippen LogP contribution >= 0.6 is 11.3 Å². The van der Waals surface area contributed by atoms with Crippen LogP contribution in [0.2, 0.25) is 0 Å². The highest BCUT2D eigenvalue weighted by atomic mass is 32.1. The largest absolute Gasteiger partial charge is 0.490 e. The fourth-order valence-electron chi connectivity index (χ4n) is 4.24. The van der Waals surface area contributed by atoms with E-state index in [0.29, 0.717) is 54.3 Å². The summed E-state index contributed by atoms with van der Waals surface area (Å²) in [6, 6.07) is 7.65. The molecule has 1 amide bonds. The molecule has 4 rings (SSSR count). The van der Waals surface area contributed by atoms with Gasteiger partial charge in [-0.15, -0.1) is 0 Å². The number of aromatic nitrogens is 1. The molecule has 35 heavy (non-hydrogen) atoms. The molecule has 0 bridgehead atoms. The van der Waals surface area contributed by atoms with E-state index in [2.05, 4.69) is 26.0 Å². The van der Waals surface area contributed by atoms with Crippen LogP contribution in [0.25, 0.3) is 10.2 Å². The zero-order valence-electron chi connectivity index (χ0n) is 21.2. The van der Waals surface area contributed by atoms with Crippen LogP contribution in [0.15, 0.2) is 24.3 Å². The average molecular weight is 499 g/mol. The predicted molar refractivity (Wildman–Crippen MR) is 140 cm³/mol. The van der Waals surface area contributed by atoms with Gasteiger partial charge in [-0.1, -0.05) is 17.4 Å². The van der Waals surface area contributed by atoms with Crippen LogP contribution in [0, 0.1) is 13.8 Å². The van der Waals surface area contributed by atoms with Crippen LogP contribution in [0.3, 0.4) is 0 Å². The van der Waals surface area contributed by atoms with Gasteiger partial charge in [-0.25, -0.2) is 4.98 Å². The minimum absolute atomic E-state index is 0.0192. The second-order valence-corrected chi connectivity index (χ2v) is 9.51. The van der Waals surface area contributed by atoms with E-state index in [-0.39, 0.29) is 12.0 Å². The summed E-state index contributed by atoms with van der Waals surface area (Å²) in [5.74, 6) is 1.34. The summed E-state index contributed by atoms with van der Waals surface area (Å²) in [6.07, 6.45) is 1.90. The highest BCUT2D eigenvalue weighted by Gasteiger charge is 2.29. The molecule has 1 aliphatic heterocycles. The van der Waals surface area contributed by atoms with Crippen LogP contribution in [0.5, 0.6) is 17.2 Å². The third kappa shape index (κ3) is 5.38. The maximum absolute atomic E-state index is 14.0. The van der Waals surface area contributed by atoms with Gasteiger partial charge in [0.2, 0.25) is 5.75 Å². The maximum atomic E-state index is 14.0. The molecule has 0 aliphatic carbocycles. The second-order valence-electron chi connectivity index (χ2n) is 8.50. The standard InChI is InChI=1S/C27H34N2O5S/c1-6-31-21-14-19(15-22(32-7-2)25(21)33-8-3)26(30)29(16-20-10-9-13-34-20)27-28-24-18(5)17(4)11-12-23(24)35-27/h11-12,14-15,20H,6-10,13,16H2,1-5H3. The van der Waals surface area contributed by atoms with Gasteiger partial charge in [-0.05, 0) is 76.8 Å². The predicted octanol–water partition coefficient (Wildman–Crippen LogP) is 5.94. The van der Waals surface area contributed by atoms with E-state index >= 15 is 0 Å². The van der Waals surface area contributed by atoms with E-state index in [4.69, 9.17) is 23.9 Å². The first-order valence-electron chi connectivity index (χ1n) is 12.3. The normalized spacial score (nSPS) is 15.4. The molecule has 0 saturated carbocycles. The highest BCUT2D eigenvalue weighted by molar-refractivity contribution is 7.22. The van der Waals surface area contributed by atoms with Gasteiger partial charge in [0.25, 0.3) is 5.91 Å². The lowest BCUT2D eigenvalue weighted by molar-refractivity contribution is 0.0916. The zero-order chi connectivity index (χ0) is 24.9. The number of nitrogens with zero attached hydrogens (tertiary/aromatic N) is 2. The number of benzene rings is 2. The van der Waals surface area contributed by atoms with Gasteiger partial charge in [0, 0.05) is 12.2 Å². The Morgan fingerprint density at radius 1 is 1.09 bits per heavy atom. The van der Waals surface area contributed by atoms with Crippen LogP contribution < -0.4 is 19.1 Å². The number of hydrogen-bond donors (Lipinski definition) is 0. The Bertz CT molecular complexity index is 1160. The number of hydrogen-bond acceptors (Lipinski definition) is 7. The van der Waals surface area contributed by atoms with Crippen molar-refractivity contribution in [2.24, 2.45) is 0 Å². The molecule has 8 heteroatoms. The summed E-state index contributed by atoms with van der Waals surface area (Å²) in [4.78, 5) is 20.7. The number of anilines is 1. The van der Waals surface area contributed by atoms with Crippen molar-refractivity contribution in [1.29, 1.82) is 0 Å². The van der Waals surface area contributed by atoms with E-state index in [9.17, 15) is 4.79 Å². The van der Waals surface area contributed by atoms with E-state index in [1.807, 2.05) is 20.8 Å². The quantitative estimate of drug-likeness (QED) is 0.345. The Labute approximate surface area is 211 Å². The summed E-state index contributed by atoms with van der Waals surface area (Å²) in [6.45, 7) is 12.4. The summed E-state index contributed by atoms with van der Waals surface area (Å²) in [7, 11) is 0. The van der Waals surface area contributed by atoms with Gasteiger partial charge in [0.15, 0.2) is 16.6 Å². The van der Waals surface area contributed by atoms with Crippen molar-refractivity contribution in [3.8, 4) is 17.2 Å². The molecule has 3 aromatic rings. The molecule has 1 unspecified atom stereocenters. The first-order valence-corrected chi connectivity index (χ1v) is 13.1. The van der Waals surface area contributed by atoms with Crippen molar-refractivity contribution in [2.75, 3.05) is 37.9 Å². The lowest BCUT2D eigenvalue weighted by atomic mass is 10.1. The number of carbonyl (C=O) groups is 1. The lowest BCUT2D eigenvalue weighted by Gasteiger charge is -2.24. The summed E-state index contributed by atoms with van der Waals surface area (Å²) in [5, 5.41) is 0.666. The Kier molecular flexibility index (Phi) is 8.13. The Balaban J connectivity index is 1.79. The molecule has 2 aromatic carbocycles. The number of fused-ring (bicyclic) bond motifs is 1. The first kappa shape index (κ1) is 25.3. The number of amides is 1. The fourth-order valence-corrected chi connectivity index (χ4v) is 5.27. The molecular weight excluding hydrogens is 464 g/mol. The van der Waals surface area contributed by atoms with E-state index < -0.39 is 0 Å². The number of thiazole rings is 1. The summed E-state index contributed by atoms with van der Waals surface area (Å²) < 4.78 is 24.5. The van der Waals surface area contributed by atoms with Gasteiger partial charge in [0.05, 0.1) is 42.7 Å². The Hall–Kier alpha value is -2.84.